The van der Waals surface area contributed by atoms with Gasteiger partial charge in [-0.2, -0.15) is 0 Å². The molecule has 0 saturated carbocycles. The fraction of sp³-hybridized carbons (Fsp3) is 0.167. The normalized spacial score (nSPS) is 11.3. The molecule has 0 fully saturated rings. The molecule has 1 atom stereocenters. The first-order chi connectivity index (χ1) is 14.6. The minimum atomic E-state index is -0.633. The van der Waals surface area contributed by atoms with Crippen LogP contribution in [0.15, 0.2) is 78.9 Å². The van der Waals surface area contributed by atoms with Gasteiger partial charge < -0.3 is 20.1 Å². The second-order valence-corrected chi connectivity index (χ2v) is 6.51. The van der Waals surface area contributed by atoms with Crippen molar-refractivity contribution in [1.29, 1.82) is 0 Å². The number of hydrogen-bond donors (Lipinski definition) is 2. The van der Waals surface area contributed by atoms with Crippen molar-refractivity contribution >= 4 is 23.3 Å². The first kappa shape index (κ1) is 20.9. The zero-order valence-corrected chi connectivity index (χ0v) is 16.9. The van der Waals surface area contributed by atoms with Gasteiger partial charge in [0.25, 0.3) is 5.91 Å². The van der Waals surface area contributed by atoms with Crippen LogP contribution in [0.1, 0.15) is 28.9 Å². The van der Waals surface area contributed by atoms with Gasteiger partial charge in [-0.1, -0.05) is 36.4 Å². The summed E-state index contributed by atoms with van der Waals surface area (Å²) in [6.45, 7) is 2.08. The van der Waals surface area contributed by atoms with Gasteiger partial charge in [-0.3, -0.25) is 4.79 Å². The highest BCUT2D eigenvalue weighted by Crippen LogP contribution is 2.23. The third kappa shape index (κ3) is 5.38. The molecular formula is C24H24N2O4. The smallest absolute Gasteiger partial charge is 0.338 e. The lowest BCUT2D eigenvalue weighted by molar-refractivity contribution is -0.117. The van der Waals surface area contributed by atoms with Gasteiger partial charge in [0.05, 0.1) is 19.3 Å². The van der Waals surface area contributed by atoms with Gasteiger partial charge in [-0.05, 0) is 48.9 Å². The van der Waals surface area contributed by atoms with Crippen molar-refractivity contribution < 1.29 is 19.1 Å². The predicted octanol–water partition coefficient (Wildman–Crippen LogP) is 4.66. The number of rotatable bonds is 8. The van der Waals surface area contributed by atoms with Gasteiger partial charge in [0.1, 0.15) is 11.8 Å². The summed E-state index contributed by atoms with van der Waals surface area (Å²) in [7, 11) is 1.58. The Labute approximate surface area is 175 Å². The zero-order valence-electron chi connectivity index (χ0n) is 16.9. The van der Waals surface area contributed by atoms with Crippen LogP contribution in [0.4, 0.5) is 11.4 Å². The fourth-order valence-electron chi connectivity index (χ4n) is 2.94. The number of hydrogen-bond acceptors (Lipinski definition) is 5. The quantitative estimate of drug-likeness (QED) is 0.534. The van der Waals surface area contributed by atoms with Crippen molar-refractivity contribution in [1.82, 2.24) is 0 Å². The summed E-state index contributed by atoms with van der Waals surface area (Å²) in [5, 5.41) is 6.17. The van der Waals surface area contributed by atoms with Crippen LogP contribution in [-0.2, 0) is 9.53 Å². The van der Waals surface area contributed by atoms with E-state index >= 15 is 0 Å². The summed E-state index contributed by atoms with van der Waals surface area (Å²) in [5.41, 5.74) is 2.62. The van der Waals surface area contributed by atoms with Gasteiger partial charge >= 0.3 is 5.97 Å². The van der Waals surface area contributed by atoms with E-state index in [0.29, 0.717) is 29.3 Å². The van der Waals surface area contributed by atoms with E-state index in [2.05, 4.69) is 10.6 Å². The molecule has 0 aliphatic carbocycles. The van der Waals surface area contributed by atoms with Crippen molar-refractivity contribution in [3.05, 3.63) is 90.0 Å². The SMILES string of the molecule is CCOC(=O)c1ccc(N[C@@H](C(=O)Nc2cccc(OC)c2)c2ccccc2)cc1. The maximum Gasteiger partial charge on any atom is 0.338 e. The largest absolute Gasteiger partial charge is 0.497 e. The molecule has 0 radical (unpaired) electrons. The first-order valence-corrected chi connectivity index (χ1v) is 9.64. The molecule has 0 aliphatic rings. The molecule has 0 heterocycles. The van der Waals surface area contributed by atoms with Crippen molar-refractivity contribution in [2.24, 2.45) is 0 Å². The minimum Gasteiger partial charge on any atom is -0.497 e. The number of methoxy groups -OCH3 is 1. The Morgan fingerprint density at radius 2 is 1.63 bits per heavy atom. The average Bonchev–Trinajstić information content (AvgIpc) is 2.78. The Morgan fingerprint density at radius 1 is 0.900 bits per heavy atom. The molecule has 3 aromatic rings. The molecule has 0 aliphatic heterocycles. The molecule has 0 spiro atoms. The van der Waals surface area contributed by atoms with Gasteiger partial charge in [-0.25, -0.2) is 4.79 Å². The topological polar surface area (TPSA) is 76.7 Å². The fourth-order valence-corrected chi connectivity index (χ4v) is 2.94. The van der Waals surface area contributed by atoms with Crippen LogP contribution in [0.25, 0.3) is 0 Å². The Balaban J connectivity index is 1.81. The van der Waals surface area contributed by atoms with E-state index in [4.69, 9.17) is 9.47 Å². The standard InChI is InChI=1S/C24H24N2O4/c1-3-30-24(28)18-12-14-19(15-13-18)25-22(17-8-5-4-6-9-17)23(27)26-20-10-7-11-21(16-20)29-2/h4-16,22,25H,3H2,1-2H3,(H,26,27)/t22-/m1/s1. The molecule has 0 unspecified atom stereocenters. The number of anilines is 2. The molecule has 6 nitrogen and oxygen atoms in total. The van der Waals surface area contributed by atoms with Gasteiger partial charge in [0.2, 0.25) is 0 Å². The maximum absolute atomic E-state index is 13.1. The molecule has 0 saturated heterocycles. The lowest BCUT2D eigenvalue weighted by Crippen LogP contribution is -2.27. The highest BCUT2D eigenvalue weighted by Gasteiger charge is 2.21. The molecule has 3 rings (SSSR count). The molecule has 0 aromatic heterocycles. The summed E-state index contributed by atoms with van der Waals surface area (Å²) in [5.74, 6) is 0.0647. The Morgan fingerprint density at radius 3 is 2.30 bits per heavy atom. The van der Waals surface area contributed by atoms with Crippen molar-refractivity contribution in [2.45, 2.75) is 13.0 Å². The van der Waals surface area contributed by atoms with Crippen LogP contribution in [-0.4, -0.2) is 25.6 Å². The van der Waals surface area contributed by atoms with Gasteiger partial charge in [-0.15, -0.1) is 0 Å². The molecular weight excluding hydrogens is 380 g/mol. The Bertz CT molecular complexity index is 988. The van der Waals surface area contributed by atoms with E-state index in [9.17, 15) is 9.59 Å². The first-order valence-electron chi connectivity index (χ1n) is 9.64. The number of amides is 1. The van der Waals surface area contributed by atoms with E-state index < -0.39 is 6.04 Å². The van der Waals surface area contributed by atoms with Crippen molar-refractivity contribution in [3.8, 4) is 5.75 Å². The molecule has 30 heavy (non-hydrogen) atoms. The van der Waals surface area contributed by atoms with E-state index in [-0.39, 0.29) is 11.9 Å². The number of nitrogens with one attached hydrogen (secondary N) is 2. The van der Waals surface area contributed by atoms with Gasteiger partial charge in [0, 0.05) is 17.4 Å². The second-order valence-electron chi connectivity index (χ2n) is 6.51. The molecule has 0 bridgehead atoms. The summed E-state index contributed by atoms with van der Waals surface area (Å²) in [6, 6.07) is 22.8. The number of benzene rings is 3. The van der Waals surface area contributed by atoms with E-state index in [1.54, 1.807) is 50.4 Å². The third-order valence-electron chi connectivity index (χ3n) is 4.44. The highest BCUT2D eigenvalue weighted by atomic mass is 16.5. The molecule has 2 N–H and O–H groups in total. The average molecular weight is 404 g/mol. The van der Waals surface area contributed by atoms with E-state index in [1.807, 2.05) is 42.5 Å². The molecule has 154 valence electrons. The van der Waals surface area contributed by atoms with Crippen LogP contribution in [0.5, 0.6) is 5.75 Å². The Kier molecular flexibility index (Phi) is 7.05. The second kappa shape index (κ2) is 10.1. The number of carbonyl (C=O) groups excluding carboxylic acids is 2. The van der Waals surface area contributed by atoms with Crippen LogP contribution >= 0.6 is 0 Å². The molecule has 1 amide bonds. The minimum absolute atomic E-state index is 0.219. The summed E-state index contributed by atoms with van der Waals surface area (Å²) in [4.78, 5) is 24.9. The predicted molar refractivity (Wildman–Crippen MR) is 117 cm³/mol. The summed E-state index contributed by atoms with van der Waals surface area (Å²) in [6.07, 6.45) is 0. The maximum atomic E-state index is 13.1. The monoisotopic (exact) mass is 404 g/mol. The third-order valence-corrected chi connectivity index (χ3v) is 4.44. The number of ether oxygens (including phenoxy) is 2. The van der Waals surface area contributed by atoms with Gasteiger partial charge in [0.15, 0.2) is 0 Å². The summed E-state index contributed by atoms with van der Waals surface area (Å²) >= 11 is 0. The lowest BCUT2D eigenvalue weighted by Gasteiger charge is -2.20. The summed E-state index contributed by atoms with van der Waals surface area (Å²) < 4.78 is 10.2. The number of esters is 1. The Hall–Kier alpha value is -3.80. The highest BCUT2D eigenvalue weighted by molar-refractivity contribution is 5.97. The van der Waals surface area contributed by atoms with Crippen molar-refractivity contribution in [2.75, 3.05) is 24.4 Å². The number of carbonyl (C=O) groups is 2. The molecule has 3 aromatic carbocycles. The van der Waals surface area contributed by atoms with Crippen LogP contribution < -0.4 is 15.4 Å². The lowest BCUT2D eigenvalue weighted by atomic mass is 10.1. The van der Waals surface area contributed by atoms with Crippen molar-refractivity contribution in [3.63, 3.8) is 0 Å². The van der Waals surface area contributed by atoms with Crippen LogP contribution in [0, 0.1) is 0 Å². The van der Waals surface area contributed by atoms with Crippen LogP contribution in [0.3, 0.4) is 0 Å². The van der Waals surface area contributed by atoms with E-state index in [0.717, 1.165) is 5.56 Å². The zero-order chi connectivity index (χ0) is 21.3. The molecule has 6 heteroatoms. The van der Waals surface area contributed by atoms with Crippen LogP contribution in [0.2, 0.25) is 0 Å². The van der Waals surface area contributed by atoms with E-state index in [1.165, 1.54) is 0 Å².